The van der Waals surface area contributed by atoms with Gasteiger partial charge in [0.15, 0.2) is 0 Å². The predicted octanol–water partition coefficient (Wildman–Crippen LogP) is 2.87. The summed E-state index contributed by atoms with van der Waals surface area (Å²) >= 11 is 5.78. The van der Waals surface area contributed by atoms with Gasteiger partial charge in [-0.05, 0) is 44.2 Å². The molecule has 0 bridgehead atoms. The Morgan fingerprint density at radius 3 is 3.06 bits per heavy atom. The number of halogens is 1. The Balaban J connectivity index is 2.02. The summed E-state index contributed by atoms with van der Waals surface area (Å²) in [6.07, 6.45) is 4.93. The molecule has 1 aliphatic heterocycles. The SMILES string of the molecule is Cc1ccc(C(=O)N2CCCC(CCCl)C2)cn1. The fourth-order valence-electron chi connectivity index (χ4n) is 2.42. The number of amides is 1. The van der Waals surface area contributed by atoms with Crippen LogP contribution >= 0.6 is 11.6 Å². The molecule has 0 spiro atoms. The Bertz CT molecular complexity index is 403. The van der Waals surface area contributed by atoms with E-state index in [4.69, 9.17) is 11.6 Å². The zero-order chi connectivity index (χ0) is 13.0. The van der Waals surface area contributed by atoms with Gasteiger partial charge in [-0.15, -0.1) is 11.6 Å². The maximum atomic E-state index is 12.3. The predicted molar refractivity (Wildman–Crippen MR) is 72.9 cm³/mol. The van der Waals surface area contributed by atoms with E-state index in [1.54, 1.807) is 6.20 Å². The highest BCUT2D eigenvalue weighted by atomic mass is 35.5. The molecule has 1 aliphatic rings. The van der Waals surface area contributed by atoms with Gasteiger partial charge in [0.2, 0.25) is 0 Å². The monoisotopic (exact) mass is 266 g/mol. The molecule has 1 saturated heterocycles. The third kappa shape index (κ3) is 3.22. The number of hydrogen-bond donors (Lipinski definition) is 0. The van der Waals surface area contributed by atoms with Crippen LogP contribution in [0, 0.1) is 12.8 Å². The summed E-state index contributed by atoms with van der Waals surface area (Å²) in [5, 5.41) is 0. The van der Waals surface area contributed by atoms with Gasteiger partial charge in [0, 0.05) is 30.9 Å². The van der Waals surface area contributed by atoms with E-state index in [9.17, 15) is 4.79 Å². The second-order valence-electron chi connectivity index (χ2n) is 4.93. The molecule has 2 heterocycles. The molecular formula is C14H19ClN2O. The van der Waals surface area contributed by atoms with E-state index in [0.29, 0.717) is 17.4 Å². The Labute approximate surface area is 113 Å². The molecule has 3 nitrogen and oxygen atoms in total. The van der Waals surface area contributed by atoms with E-state index in [2.05, 4.69) is 4.98 Å². The Morgan fingerprint density at radius 1 is 1.56 bits per heavy atom. The van der Waals surface area contributed by atoms with Crippen molar-refractivity contribution in [1.82, 2.24) is 9.88 Å². The summed E-state index contributed by atoms with van der Waals surface area (Å²) in [5.74, 6) is 1.33. The molecule has 4 heteroatoms. The van der Waals surface area contributed by atoms with Gasteiger partial charge in [0.1, 0.15) is 0 Å². The normalized spacial score (nSPS) is 19.9. The van der Waals surface area contributed by atoms with Crippen LogP contribution in [0.5, 0.6) is 0 Å². The van der Waals surface area contributed by atoms with E-state index in [-0.39, 0.29) is 5.91 Å². The standard InChI is InChI=1S/C14H19ClN2O/c1-11-4-5-13(9-16-11)14(18)17-8-2-3-12(10-17)6-7-15/h4-5,9,12H,2-3,6-8,10H2,1H3. The fourth-order valence-corrected chi connectivity index (χ4v) is 2.72. The highest BCUT2D eigenvalue weighted by molar-refractivity contribution is 6.17. The maximum Gasteiger partial charge on any atom is 0.255 e. The van der Waals surface area contributed by atoms with Crippen molar-refractivity contribution in [2.24, 2.45) is 5.92 Å². The zero-order valence-corrected chi connectivity index (χ0v) is 11.5. The number of nitrogens with zero attached hydrogens (tertiary/aromatic N) is 2. The molecule has 0 aromatic carbocycles. The van der Waals surface area contributed by atoms with Gasteiger partial charge >= 0.3 is 0 Å². The summed E-state index contributed by atoms with van der Waals surface area (Å²) < 4.78 is 0. The Hall–Kier alpha value is -1.09. The van der Waals surface area contributed by atoms with Gasteiger partial charge in [-0.1, -0.05) is 0 Å². The first kappa shape index (κ1) is 13.3. The molecule has 0 aliphatic carbocycles. The maximum absolute atomic E-state index is 12.3. The fraction of sp³-hybridized carbons (Fsp3) is 0.571. The van der Waals surface area contributed by atoms with Crippen LogP contribution in [0.2, 0.25) is 0 Å². The van der Waals surface area contributed by atoms with E-state index in [0.717, 1.165) is 31.6 Å². The highest BCUT2D eigenvalue weighted by Crippen LogP contribution is 2.21. The quantitative estimate of drug-likeness (QED) is 0.788. The first-order valence-electron chi connectivity index (χ1n) is 6.48. The number of rotatable bonds is 3. The van der Waals surface area contributed by atoms with E-state index < -0.39 is 0 Å². The van der Waals surface area contributed by atoms with Crippen LogP contribution in [-0.2, 0) is 0 Å². The average molecular weight is 267 g/mol. The molecule has 2 rings (SSSR count). The summed E-state index contributed by atoms with van der Waals surface area (Å²) in [5.41, 5.74) is 1.62. The molecule has 1 fully saturated rings. The summed E-state index contributed by atoms with van der Waals surface area (Å²) in [6, 6.07) is 3.74. The number of carbonyl (C=O) groups is 1. The molecule has 1 aromatic rings. The van der Waals surface area contributed by atoms with Gasteiger partial charge in [-0.2, -0.15) is 0 Å². The third-order valence-corrected chi connectivity index (χ3v) is 3.70. The molecule has 98 valence electrons. The largest absolute Gasteiger partial charge is 0.338 e. The topological polar surface area (TPSA) is 33.2 Å². The molecular weight excluding hydrogens is 248 g/mol. The zero-order valence-electron chi connectivity index (χ0n) is 10.7. The number of likely N-dealkylation sites (tertiary alicyclic amines) is 1. The molecule has 1 aromatic heterocycles. The second kappa shape index (κ2) is 6.19. The Morgan fingerprint density at radius 2 is 2.39 bits per heavy atom. The third-order valence-electron chi connectivity index (χ3n) is 3.48. The number of alkyl halides is 1. The number of carbonyl (C=O) groups excluding carboxylic acids is 1. The number of pyridine rings is 1. The minimum atomic E-state index is 0.0989. The number of hydrogen-bond acceptors (Lipinski definition) is 2. The first-order chi connectivity index (χ1) is 8.70. The van der Waals surface area contributed by atoms with Crippen LogP contribution in [0.25, 0.3) is 0 Å². The van der Waals surface area contributed by atoms with Gasteiger partial charge in [0.05, 0.1) is 5.56 Å². The van der Waals surface area contributed by atoms with Gasteiger partial charge in [-0.25, -0.2) is 0 Å². The molecule has 0 saturated carbocycles. The molecule has 0 N–H and O–H groups in total. The van der Waals surface area contributed by atoms with Crippen molar-refractivity contribution in [3.63, 3.8) is 0 Å². The van der Waals surface area contributed by atoms with Crippen molar-refractivity contribution < 1.29 is 4.79 Å². The van der Waals surface area contributed by atoms with Crippen molar-refractivity contribution in [3.05, 3.63) is 29.6 Å². The molecule has 1 unspecified atom stereocenters. The average Bonchev–Trinajstić information content (AvgIpc) is 2.39. The lowest BCUT2D eigenvalue weighted by Crippen LogP contribution is -2.40. The van der Waals surface area contributed by atoms with Crippen molar-refractivity contribution in [3.8, 4) is 0 Å². The van der Waals surface area contributed by atoms with Crippen molar-refractivity contribution in [2.45, 2.75) is 26.2 Å². The number of aryl methyl sites for hydroxylation is 1. The number of aromatic nitrogens is 1. The minimum Gasteiger partial charge on any atom is -0.338 e. The van der Waals surface area contributed by atoms with Crippen molar-refractivity contribution >= 4 is 17.5 Å². The first-order valence-corrected chi connectivity index (χ1v) is 7.02. The van der Waals surface area contributed by atoms with Gasteiger partial charge < -0.3 is 4.90 Å². The van der Waals surface area contributed by atoms with Crippen molar-refractivity contribution in [1.29, 1.82) is 0 Å². The summed E-state index contributed by atoms with van der Waals surface area (Å²) in [6.45, 7) is 3.61. The Kier molecular flexibility index (Phi) is 4.59. The van der Waals surface area contributed by atoms with Crippen LogP contribution in [0.4, 0.5) is 0 Å². The van der Waals surface area contributed by atoms with E-state index in [1.807, 2.05) is 24.0 Å². The van der Waals surface area contributed by atoms with Crippen LogP contribution < -0.4 is 0 Å². The lowest BCUT2D eigenvalue weighted by Gasteiger charge is -2.32. The van der Waals surface area contributed by atoms with Gasteiger partial charge in [0.25, 0.3) is 5.91 Å². The summed E-state index contributed by atoms with van der Waals surface area (Å²) in [7, 11) is 0. The second-order valence-corrected chi connectivity index (χ2v) is 5.30. The van der Waals surface area contributed by atoms with Crippen molar-refractivity contribution in [2.75, 3.05) is 19.0 Å². The summed E-state index contributed by atoms with van der Waals surface area (Å²) in [4.78, 5) is 18.4. The lowest BCUT2D eigenvalue weighted by atomic mass is 9.95. The smallest absolute Gasteiger partial charge is 0.255 e. The highest BCUT2D eigenvalue weighted by Gasteiger charge is 2.24. The molecule has 18 heavy (non-hydrogen) atoms. The van der Waals surface area contributed by atoms with Crippen LogP contribution in [0.15, 0.2) is 18.3 Å². The van der Waals surface area contributed by atoms with Gasteiger partial charge in [-0.3, -0.25) is 9.78 Å². The molecule has 0 radical (unpaired) electrons. The van der Waals surface area contributed by atoms with Crippen LogP contribution in [0.1, 0.15) is 35.3 Å². The molecule has 1 amide bonds. The number of piperidine rings is 1. The van der Waals surface area contributed by atoms with Crippen LogP contribution in [-0.4, -0.2) is 34.8 Å². The minimum absolute atomic E-state index is 0.0989. The lowest BCUT2D eigenvalue weighted by molar-refractivity contribution is 0.0671. The molecule has 1 atom stereocenters. The van der Waals surface area contributed by atoms with E-state index in [1.165, 1.54) is 6.42 Å². The van der Waals surface area contributed by atoms with Crippen LogP contribution in [0.3, 0.4) is 0 Å². The van der Waals surface area contributed by atoms with E-state index >= 15 is 0 Å².